The number of fused-ring (bicyclic) bond motifs is 1. The summed E-state index contributed by atoms with van der Waals surface area (Å²) in [7, 11) is -1.39. The Labute approximate surface area is 118 Å². The molecule has 0 N–H and O–H groups in total. The molecule has 2 rings (SSSR count). The fourth-order valence-electron chi connectivity index (χ4n) is 1.97. The molecule has 6 heteroatoms. The van der Waals surface area contributed by atoms with Crippen molar-refractivity contribution in [1.29, 1.82) is 0 Å². The van der Waals surface area contributed by atoms with Crippen LogP contribution in [-0.2, 0) is 26.8 Å². The summed E-state index contributed by atoms with van der Waals surface area (Å²) >= 11 is 0. The van der Waals surface area contributed by atoms with E-state index >= 15 is 0 Å². The molecule has 2 aromatic rings. The van der Waals surface area contributed by atoms with Gasteiger partial charge in [-0.1, -0.05) is 0 Å². The average Bonchev–Trinajstić information content (AvgIpc) is 2.64. The summed E-state index contributed by atoms with van der Waals surface area (Å²) in [5.74, 6) is -0.649. The number of halogens is 1. The van der Waals surface area contributed by atoms with Gasteiger partial charge in [0.25, 0.3) is 0 Å². The summed E-state index contributed by atoms with van der Waals surface area (Å²) in [6, 6.07) is 3.97. The molecule has 108 valence electrons. The van der Waals surface area contributed by atoms with Gasteiger partial charge < -0.3 is 9.15 Å². The van der Waals surface area contributed by atoms with E-state index in [1.165, 1.54) is 24.5 Å². The van der Waals surface area contributed by atoms with Crippen LogP contribution in [0.25, 0.3) is 11.0 Å². The summed E-state index contributed by atoms with van der Waals surface area (Å²) < 4.78 is 35.7. The van der Waals surface area contributed by atoms with Crippen LogP contribution in [0.4, 0.5) is 4.39 Å². The molecular weight excluding hydrogens is 283 g/mol. The lowest BCUT2D eigenvalue weighted by Gasteiger charge is -2.06. The first kappa shape index (κ1) is 14.7. The van der Waals surface area contributed by atoms with E-state index in [0.29, 0.717) is 15.9 Å². The summed E-state index contributed by atoms with van der Waals surface area (Å²) in [4.78, 5) is 12.0. The minimum Gasteiger partial charge on any atom is -0.463 e. The van der Waals surface area contributed by atoms with Gasteiger partial charge in [-0.2, -0.15) is 0 Å². The number of hydrogen-bond acceptors (Lipinski definition) is 4. The SMILES string of the molecule is CC(C)OC(=O)Cc1oc2ccc(F)cc2c1S(C)=O. The molecule has 1 atom stereocenters. The van der Waals surface area contributed by atoms with Gasteiger partial charge in [-0.3, -0.25) is 9.00 Å². The van der Waals surface area contributed by atoms with Crippen molar-refractivity contribution < 1.29 is 22.5 Å². The Hall–Kier alpha value is -1.69. The third-order valence-electron chi connectivity index (χ3n) is 2.63. The molecule has 0 aliphatic rings. The molecule has 1 aromatic carbocycles. The molecule has 1 aromatic heterocycles. The second kappa shape index (κ2) is 5.75. The number of benzene rings is 1. The lowest BCUT2D eigenvalue weighted by molar-refractivity contribution is -0.146. The molecule has 20 heavy (non-hydrogen) atoms. The van der Waals surface area contributed by atoms with Gasteiger partial charge in [-0.15, -0.1) is 0 Å². The van der Waals surface area contributed by atoms with Crippen molar-refractivity contribution in [2.75, 3.05) is 6.26 Å². The molecule has 4 nitrogen and oxygen atoms in total. The Bertz CT molecular complexity index is 675. The van der Waals surface area contributed by atoms with Gasteiger partial charge in [0.1, 0.15) is 23.6 Å². The molecule has 0 aliphatic heterocycles. The Morgan fingerprint density at radius 2 is 2.15 bits per heavy atom. The van der Waals surface area contributed by atoms with Crippen molar-refractivity contribution in [3.63, 3.8) is 0 Å². The van der Waals surface area contributed by atoms with E-state index in [0.717, 1.165) is 0 Å². The smallest absolute Gasteiger partial charge is 0.313 e. The zero-order valence-corrected chi connectivity index (χ0v) is 12.3. The highest BCUT2D eigenvalue weighted by molar-refractivity contribution is 7.84. The minimum absolute atomic E-state index is 0.122. The van der Waals surface area contributed by atoms with E-state index in [9.17, 15) is 13.4 Å². The first-order valence-electron chi connectivity index (χ1n) is 6.12. The van der Waals surface area contributed by atoms with Crippen LogP contribution in [0.5, 0.6) is 0 Å². The van der Waals surface area contributed by atoms with E-state index in [2.05, 4.69) is 0 Å². The number of rotatable bonds is 4. The van der Waals surface area contributed by atoms with Crippen LogP contribution in [0.1, 0.15) is 19.6 Å². The number of esters is 1. The minimum atomic E-state index is -1.39. The van der Waals surface area contributed by atoms with Crippen LogP contribution in [0.3, 0.4) is 0 Å². The molecule has 0 amide bonds. The second-order valence-electron chi connectivity index (χ2n) is 4.66. The number of carbonyl (C=O) groups is 1. The first-order chi connectivity index (χ1) is 9.38. The average molecular weight is 298 g/mol. The normalized spacial score (nSPS) is 12.8. The van der Waals surface area contributed by atoms with Crippen LogP contribution in [-0.4, -0.2) is 22.5 Å². The van der Waals surface area contributed by atoms with Crippen LogP contribution >= 0.6 is 0 Å². The van der Waals surface area contributed by atoms with Gasteiger partial charge in [0.05, 0.1) is 21.8 Å². The van der Waals surface area contributed by atoms with E-state index in [4.69, 9.17) is 9.15 Å². The molecule has 1 heterocycles. The number of ether oxygens (including phenoxy) is 1. The molecular formula is C14H15FO4S. The maximum absolute atomic E-state index is 13.3. The van der Waals surface area contributed by atoms with Crippen molar-refractivity contribution in [3.05, 3.63) is 29.8 Å². The Morgan fingerprint density at radius 3 is 2.75 bits per heavy atom. The van der Waals surface area contributed by atoms with Crippen LogP contribution in [0, 0.1) is 5.82 Å². The maximum Gasteiger partial charge on any atom is 0.313 e. The number of furan rings is 1. The van der Waals surface area contributed by atoms with Crippen LogP contribution in [0.2, 0.25) is 0 Å². The maximum atomic E-state index is 13.3. The molecule has 0 spiro atoms. The molecule has 0 radical (unpaired) electrons. The standard InChI is InChI=1S/C14H15FO4S/c1-8(2)18-13(16)7-12-14(20(3)17)10-6-9(15)4-5-11(10)19-12/h4-6,8H,7H2,1-3H3. The molecule has 0 aliphatic carbocycles. The predicted molar refractivity (Wildman–Crippen MR) is 73.4 cm³/mol. The van der Waals surface area contributed by atoms with Crippen molar-refractivity contribution in [1.82, 2.24) is 0 Å². The first-order valence-corrected chi connectivity index (χ1v) is 7.68. The highest BCUT2D eigenvalue weighted by Crippen LogP contribution is 2.29. The van der Waals surface area contributed by atoms with E-state index < -0.39 is 22.6 Å². The number of carbonyl (C=O) groups excluding carboxylic acids is 1. The van der Waals surface area contributed by atoms with Crippen molar-refractivity contribution in [2.45, 2.75) is 31.3 Å². The van der Waals surface area contributed by atoms with Crippen molar-refractivity contribution in [2.24, 2.45) is 0 Å². The zero-order chi connectivity index (χ0) is 14.9. The molecule has 0 fully saturated rings. The highest BCUT2D eigenvalue weighted by Gasteiger charge is 2.21. The summed E-state index contributed by atoms with van der Waals surface area (Å²) in [5.41, 5.74) is 0.406. The van der Waals surface area contributed by atoms with Crippen molar-refractivity contribution >= 4 is 27.7 Å². The molecule has 1 unspecified atom stereocenters. The second-order valence-corrected chi connectivity index (χ2v) is 5.98. The molecule has 0 saturated heterocycles. The fourth-order valence-corrected chi connectivity index (χ4v) is 2.87. The number of hydrogen-bond donors (Lipinski definition) is 0. The van der Waals surface area contributed by atoms with Crippen LogP contribution in [0.15, 0.2) is 27.5 Å². The van der Waals surface area contributed by atoms with Gasteiger partial charge in [0.15, 0.2) is 0 Å². The van der Waals surface area contributed by atoms with Gasteiger partial charge >= 0.3 is 5.97 Å². The molecule has 0 saturated carbocycles. The Morgan fingerprint density at radius 1 is 1.45 bits per heavy atom. The predicted octanol–water partition coefficient (Wildman–Crippen LogP) is 2.80. The van der Waals surface area contributed by atoms with Gasteiger partial charge in [-0.25, -0.2) is 4.39 Å². The van der Waals surface area contributed by atoms with Gasteiger partial charge in [-0.05, 0) is 32.0 Å². The third kappa shape index (κ3) is 3.07. The largest absolute Gasteiger partial charge is 0.463 e. The van der Waals surface area contributed by atoms with Gasteiger partial charge in [0.2, 0.25) is 0 Å². The Balaban J connectivity index is 2.45. The summed E-state index contributed by atoms with van der Waals surface area (Å²) in [5, 5.41) is 0.429. The van der Waals surface area contributed by atoms with Gasteiger partial charge in [0, 0.05) is 11.6 Å². The lowest BCUT2D eigenvalue weighted by Crippen LogP contribution is -2.14. The van der Waals surface area contributed by atoms with Crippen molar-refractivity contribution in [3.8, 4) is 0 Å². The third-order valence-corrected chi connectivity index (χ3v) is 3.65. The van der Waals surface area contributed by atoms with E-state index in [1.54, 1.807) is 13.8 Å². The lowest BCUT2D eigenvalue weighted by atomic mass is 10.2. The Kier molecular flexibility index (Phi) is 4.23. The van der Waals surface area contributed by atoms with Crippen LogP contribution < -0.4 is 0 Å². The van der Waals surface area contributed by atoms with E-state index in [1.807, 2.05) is 0 Å². The monoisotopic (exact) mass is 298 g/mol. The van der Waals surface area contributed by atoms with E-state index in [-0.39, 0.29) is 18.3 Å². The zero-order valence-electron chi connectivity index (χ0n) is 11.4. The quantitative estimate of drug-likeness (QED) is 0.814. The molecule has 0 bridgehead atoms. The summed E-state index contributed by atoms with van der Waals surface area (Å²) in [6.07, 6.45) is 1.11. The summed E-state index contributed by atoms with van der Waals surface area (Å²) in [6.45, 7) is 3.48. The topological polar surface area (TPSA) is 56.5 Å². The fraction of sp³-hybridized carbons (Fsp3) is 0.357. The highest BCUT2D eigenvalue weighted by atomic mass is 32.2.